The molecule has 0 amide bonds. The normalized spacial score (nSPS) is 15.7. The molecular weight excluding hydrogens is 455 g/mol. The number of guanidine groups is 1. The lowest BCUT2D eigenvalue weighted by Crippen LogP contribution is -2.54. The number of hydrogen-bond acceptors (Lipinski definition) is 4. The van der Waals surface area contributed by atoms with Gasteiger partial charge in [0, 0.05) is 25.7 Å². The molecule has 0 aliphatic carbocycles. The SMILES string of the molecule is CN=C(NCc1ccc(OC)c(OC)c1)NCC(C)(C)N1CCCCC1.I. The Hall–Kier alpha value is -1.22. The molecule has 0 saturated carbocycles. The third-order valence-electron chi connectivity index (χ3n) is 5.03. The summed E-state index contributed by atoms with van der Waals surface area (Å²) in [6.45, 7) is 8.50. The van der Waals surface area contributed by atoms with Crippen molar-refractivity contribution < 1.29 is 9.47 Å². The van der Waals surface area contributed by atoms with E-state index in [1.165, 1.54) is 32.4 Å². The van der Waals surface area contributed by atoms with Crippen LogP contribution in [0.5, 0.6) is 11.5 Å². The number of hydrogen-bond donors (Lipinski definition) is 2. The van der Waals surface area contributed by atoms with Crippen molar-refractivity contribution >= 4 is 29.9 Å². The minimum absolute atomic E-state index is 0. The first-order valence-electron chi connectivity index (χ1n) is 9.40. The number of piperidine rings is 1. The average Bonchev–Trinajstić information content (AvgIpc) is 2.68. The largest absolute Gasteiger partial charge is 0.493 e. The second-order valence-corrected chi connectivity index (χ2v) is 7.33. The van der Waals surface area contributed by atoms with Gasteiger partial charge in [0.1, 0.15) is 0 Å². The van der Waals surface area contributed by atoms with Crippen LogP contribution >= 0.6 is 24.0 Å². The molecular formula is C20H35IN4O2. The van der Waals surface area contributed by atoms with Crippen molar-refractivity contribution in [2.75, 3.05) is 40.9 Å². The maximum atomic E-state index is 5.37. The lowest BCUT2D eigenvalue weighted by atomic mass is 9.98. The number of aliphatic imine (C=N–C) groups is 1. The molecule has 1 fully saturated rings. The third-order valence-corrected chi connectivity index (χ3v) is 5.03. The van der Waals surface area contributed by atoms with Crippen molar-refractivity contribution in [3.63, 3.8) is 0 Å². The monoisotopic (exact) mass is 490 g/mol. The molecule has 1 aromatic rings. The van der Waals surface area contributed by atoms with E-state index in [9.17, 15) is 0 Å². The third kappa shape index (κ3) is 7.03. The number of ether oxygens (including phenoxy) is 2. The van der Waals surface area contributed by atoms with Crippen molar-refractivity contribution in [2.24, 2.45) is 4.99 Å². The summed E-state index contributed by atoms with van der Waals surface area (Å²) in [5.74, 6) is 2.29. The molecule has 0 spiro atoms. The molecule has 1 aliphatic heterocycles. The zero-order valence-electron chi connectivity index (χ0n) is 17.3. The molecule has 2 rings (SSSR count). The Morgan fingerprint density at radius 3 is 2.33 bits per heavy atom. The number of halogens is 1. The predicted molar refractivity (Wildman–Crippen MR) is 123 cm³/mol. The van der Waals surface area contributed by atoms with Crippen LogP contribution in [-0.4, -0.2) is 57.3 Å². The first-order valence-corrected chi connectivity index (χ1v) is 9.40. The summed E-state index contributed by atoms with van der Waals surface area (Å²) in [4.78, 5) is 6.92. The molecule has 1 aromatic carbocycles. The van der Waals surface area contributed by atoms with Crippen LogP contribution in [0.25, 0.3) is 0 Å². The van der Waals surface area contributed by atoms with Gasteiger partial charge in [-0.2, -0.15) is 0 Å². The van der Waals surface area contributed by atoms with E-state index in [2.05, 4.69) is 34.4 Å². The maximum Gasteiger partial charge on any atom is 0.191 e. The van der Waals surface area contributed by atoms with E-state index in [-0.39, 0.29) is 29.5 Å². The van der Waals surface area contributed by atoms with Crippen LogP contribution in [0.1, 0.15) is 38.7 Å². The Labute approximate surface area is 181 Å². The van der Waals surface area contributed by atoms with E-state index in [4.69, 9.17) is 9.47 Å². The van der Waals surface area contributed by atoms with Crippen LogP contribution in [0, 0.1) is 0 Å². The lowest BCUT2D eigenvalue weighted by molar-refractivity contribution is 0.0982. The number of benzene rings is 1. The number of rotatable bonds is 7. The Balaban J connectivity index is 0.00000364. The number of nitrogens with zero attached hydrogens (tertiary/aromatic N) is 2. The minimum atomic E-state index is 0. The first kappa shape index (κ1) is 23.8. The van der Waals surface area contributed by atoms with Gasteiger partial charge in [-0.25, -0.2) is 0 Å². The van der Waals surface area contributed by atoms with E-state index in [1.54, 1.807) is 21.3 Å². The molecule has 7 heteroatoms. The maximum absolute atomic E-state index is 5.37. The highest BCUT2D eigenvalue weighted by Gasteiger charge is 2.27. The average molecular weight is 490 g/mol. The van der Waals surface area contributed by atoms with Crippen LogP contribution in [0.3, 0.4) is 0 Å². The molecule has 0 radical (unpaired) electrons. The number of likely N-dealkylation sites (tertiary alicyclic amines) is 1. The summed E-state index contributed by atoms with van der Waals surface area (Å²) in [6, 6.07) is 5.93. The van der Waals surface area contributed by atoms with Crippen molar-refractivity contribution in [1.29, 1.82) is 0 Å². The van der Waals surface area contributed by atoms with E-state index >= 15 is 0 Å². The van der Waals surface area contributed by atoms with Crippen molar-refractivity contribution in [2.45, 2.75) is 45.2 Å². The molecule has 1 saturated heterocycles. The van der Waals surface area contributed by atoms with Crippen LogP contribution in [0.4, 0.5) is 0 Å². The topological polar surface area (TPSA) is 58.1 Å². The molecule has 0 aromatic heterocycles. The van der Waals surface area contributed by atoms with Crippen molar-refractivity contribution in [3.05, 3.63) is 23.8 Å². The van der Waals surface area contributed by atoms with Gasteiger partial charge in [-0.15, -0.1) is 24.0 Å². The Kier molecular flexibility index (Phi) is 10.2. The van der Waals surface area contributed by atoms with Gasteiger partial charge in [0.15, 0.2) is 17.5 Å². The van der Waals surface area contributed by atoms with Crippen LogP contribution in [0.2, 0.25) is 0 Å². The van der Waals surface area contributed by atoms with E-state index in [0.717, 1.165) is 29.6 Å². The van der Waals surface area contributed by atoms with Gasteiger partial charge in [-0.3, -0.25) is 9.89 Å². The van der Waals surface area contributed by atoms with Gasteiger partial charge >= 0.3 is 0 Å². The van der Waals surface area contributed by atoms with Crippen LogP contribution < -0.4 is 20.1 Å². The van der Waals surface area contributed by atoms with E-state index in [1.807, 2.05) is 18.2 Å². The van der Waals surface area contributed by atoms with Gasteiger partial charge < -0.3 is 20.1 Å². The number of methoxy groups -OCH3 is 2. The highest BCUT2D eigenvalue weighted by molar-refractivity contribution is 14.0. The molecule has 1 heterocycles. The van der Waals surface area contributed by atoms with Crippen LogP contribution in [-0.2, 0) is 6.54 Å². The summed E-state index contributed by atoms with van der Waals surface area (Å²) in [5, 5.41) is 6.84. The van der Waals surface area contributed by atoms with Crippen molar-refractivity contribution in [1.82, 2.24) is 15.5 Å². The van der Waals surface area contributed by atoms with Gasteiger partial charge in [-0.1, -0.05) is 12.5 Å². The van der Waals surface area contributed by atoms with Gasteiger partial charge in [0.05, 0.1) is 14.2 Å². The van der Waals surface area contributed by atoms with Crippen LogP contribution in [0.15, 0.2) is 23.2 Å². The highest BCUT2D eigenvalue weighted by atomic mass is 127. The fraction of sp³-hybridized carbons (Fsp3) is 0.650. The summed E-state index contributed by atoms with van der Waals surface area (Å²) in [7, 11) is 5.10. The van der Waals surface area contributed by atoms with Crippen molar-refractivity contribution in [3.8, 4) is 11.5 Å². The Morgan fingerprint density at radius 1 is 1.07 bits per heavy atom. The molecule has 0 atom stereocenters. The standard InChI is InChI=1S/C20H34N4O2.HI/c1-20(2,24-11-7-6-8-12-24)15-23-19(21-3)22-14-16-9-10-17(25-4)18(13-16)26-5;/h9-10,13H,6-8,11-12,14-15H2,1-5H3,(H2,21,22,23);1H. The fourth-order valence-electron chi connectivity index (χ4n) is 3.31. The lowest BCUT2D eigenvalue weighted by Gasteiger charge is -2.41. The second kappa shape index (κ2) is 11.6. The van der Waals surface area contributed by atoms with E-state index in [0.29, 0.717) is 6.54 Å². The van der Waals surface area contributed by atoms with Gasteiger partial charge in [0.2, 0.25) is 0 Å². The zero-order valence-corrected chi connectivity index (χ0v) is 19.6. The molecule has 154 valence electrons. The molecule has 2 N–H and O–H groups in total. The highest BCUT2D eigenvalue weighted by Crippen LogP contribution is 2.27. The summed E-state index contributed by atoms with van der Waals surface area (Å²) >= 11 is 0. The Morgan fingerprint density at radius 2 is 1.74 bits per heavy atom. The summed E-state index contributed by atoms with van der Waals surface area (Å²) < 4.78 is 10.7. The first-order chi connectivity index (χ1) is 12.5. The minimum Gasteiger partial charge on any atom is -0.493 e. The molecule has 0 unspecified atom stereocenters. The van der Waals surface area contributed by atoms with E-state index < -0.39 is 0 Å². The quantitative estimate of drug-likeness (QED) is 0.349. The molecule has 27 heavy (non-hydrogen) atoms. The second-order valence-electron chi connectivity index (χ2n) is 7.33. The molecule has 1 aliphatic rings. The molecule has 6 nitrogen and oxygen atoms in total. The zero-order chi connectivity index (χ0) is 19.0. The van der Waals surface area contributed by atoms with Gasteiger partial charge in [0.25, 0.3) is 0 Å². The smallest absolute Gasteiger partial charge is 0.191 e. The summed E-state index contributed by atoms with van der Waals surface area (Å²) in [5.41, 5.74) is 1.22. The number of nitrogens with one attached hydrogen (secondary N) is 2. The summed E-state index contributed by atoms with van der Waals surface area (Å²) in [6.07, 6.45) is 3.96. The Bertz CT molecular complexity index is 602. The predicted octanol–water partition coefficient (Wildman–Crippen LogP) is 3.25. The van der Waals surface area contributed by atoms with Gasteiger partial charge in [-0.05, 0) is 57.5 Å². The molecule has 0 bridgehead atoms. The fourth-order valence-corrected chi connectivity index (χ4v) is 3.31.